The van der Waals surface area contributed by atoms with Crippen LogP contribution in [-0.4, -0.2) is 35.1 Å². The van der Waals surface area contributed by atoms with Crippen LogP contribution in [0.3, 0.4) is 0 Å². The molecule has 1 saturated heterocycles. The largest absolute Gasteiger partial charge is 0.397 e. The van der Waals surface area contributed by atoms with Crippen molar-refractivity contribution in [1.29, 1.82) is 0 Å². The van der Waals surface area contributed by atoms with Crippen LogP contribution in [0.15, 0.2) is 12.3 Å². The van der Waals surface area contributed by atoms with Gasteiger partial charge in [-0.1, -0.05) is 0 Å². The Balaban J connectivity index is 1.90. The summed E-state index contributed by atoms with van der Waals surface area (Å²) in [7, 11) is 0. The molecule has 21 heavy (non-hydrogen) atoms. The second-order valence-electron chi connectivity index (χ2n) is 4.95. The average Bonchev–Trinajstić information content (AvgIpc) is 2.45. The van der Waals surface area contributed by atoms with E-state index in [1.165, 1.54) is 6.42 Å². The van der Waals surface area contributed by atoms with Crippen LogP contribution in [0.1, 0.15) is 31.5 Å². The van der Waals surface area contributed by atoms with Crippen LogP contribution in [0.4, 0.5) is 19.0 Å². The molecule has 0 spiro atoms. The van der Waals surface area contributed by atoms with E-state index in [2.05, 4.69) is 20.2 Å². The van der Waals surface area contributed by atoms with E-state index in [0.717, 1.165) is 31.7 Å². The van der Waals surface area contributed by atoms with E-state index < -0.39 is 18.5 Å². The summed E-state index contributed by atoms with van der Waals surface area (Å²) in [5.41, 5.74) is 0. The normalized spacial score (nSPS) is 15.9. The highest BCUT2D eigenvalue weighted by Gasteiger charge is 2.31. The third-order valence-corrected chi connectivity index (χ3v) is 3.18. The van der Waals surface area contributed by atoms with Gasteiger partial charge in [0.2, 0.25) is 5.91 Å². The van der Waals surface area contributed by atoms with Gasteiger partial charge in [0.1, 0.15) is 18.1 Å². The third-order valence-electron chi connectivity index (χ3n) is 3.18. The first-order valence-corrected chi connectivity index (χ1v) is 6.84. The Morgan fingerprint density at radius 3 is 2.67 bits per heavy atom. The van der Waals surface area contributed by atoms with Gasteiger partial charge in [-0.15, -0.1) is 0 Å². The molecular weight excluding hydrogens is 285 g/mol. The molecule has 116 valence electrons. The second kappa shape index (κ2) is 6.73. The first kappa shape index (κ1) is 15.5. The van der Waals surface area contributed by atoms with E-state index in [4.69, 9.17) is 0 Å². The summed E-state index contributed by atoms with van der Waals surface area (Å²) >= 11 is 0. The number of carbonyl (C=O) groups is 1. The lowest BCUT2D eigenvalue weighted by Gasteiger charge is -2.27. The molecule has 1 aliphatic heterocycles. The standard InChI is InChI=1S/C13H17F3N4O/c14-13(15,16)8-12(21)18-9-10-17-5-4-11(19-10)20-6-2-1-3-7-20/h4-5H,1-3,6-9H2,(H,18,21). The number of halogens is 3. The summed E-state index contributed by atoms with van der Waals surface area (Å²) in [6.07, 6.45) is -1.03. The van der Waals surface area contributed by atoms with Gasteiger partial charge in [-0.25, -0.2) is 9.97 Å². The summed E-state index contributed by atoms with van der Waals surface area (Å²) in [6.45, 7) is 1.73. The van der Waals surface area contributed by atoms with Gasteiger partial charge in [0.15, 0.2) is 0 Å². The number of alkyl halides is 3. The highest BCUT2D eigenvalue weighted by atomic mass is 19.4. The molecule has 0 unspecified atom stereocenters. The molecule has 0 saturated carbocycles. The van der Waals surface area contributed by atoms with Crippen LogP contribution in [0, 0.1) is 0 Å². The molecule has 2 heterocycles. The molecule has 8 heteroatoms. The Labute approximate surface area is 120 Å². The number of nitrogens with one attached hydrogen (secondary N) is 1. The van der Waals surface area contributed by atoms with Gasteiger partial charge in [0.05, 0.1) is 6.54 Å². The molecule has 0 aromatic carbocycles. The van der Waals surface area contributed by atoms with Gasteiger partial charge in [-0.3, -0.25) is 4.79 Å². The number of amides is 1. The fourth-order valence-corrected chi connectivity index (χ4v) is 2.19. The molecule has 1 aromatic rings. The number of aromatic nitrogens is 2. The van der Waals surface area contributed by atoms with Crippen LogP contribution in [0.25, 0.3) is 0 Å². The Kier molecular flexibility index (Phi) is 4.98. The first-order valence-electron chi connectivity index (χ1n) is 6.84. The third kappa shape index (κ3) is 5.20. The minimum Gasteiger partial charge on any atom is -0.357 e. The molecule has 1 fully saturated rings. The predicted molar refractivity (Wildman–Crippen MR) is 70.6 cm³/mol. The molecule has 1 aliphatic rings. The minimum absolute atomic E-state index is 0.101. The minimum atomic E-state index is -4.50. The van der Waals surface area contributed by atoms with Crippen LogP contribution in [0.5, 0.6) is 0 Å². The number of hydrogen-bond acceptors (Lipinski definition) is 4. The highest BCUT2D eigenvalue weighted by Crippen LogP contribution is 2.19. The summed E-state index contributed by atoms with van der Waals surface area (Å²) in [5.74, 6) is -0.00663. The molecule has 0 bridgehead atoms. The summed E-state index contributed by atoms with van der Waals surface area (Å²) < 4.78 is 36.1. The number of carbonyl (C=O) groups excluding carboxylic acids is 1. The number of piperidine rings is 1. The quantitative estimate of drug-likeness (QED) is 0.924. The van der Waals surface area contributed by atoms with Gasteiger partial charge in [0.25, 0.3) is 0 Å². The lowest BCUT2D eigenvalue weighted by molar-refractivity contribution is -0.153. The fourth-order valence-electron chi connectivity index (χ4n) is 2.19. The molecule has 0 aliphatic carbocycles. The van der Waals surface area contributed by atoms with Crippen molar-refractivity contribution in [2.75, 3.05) is 18.0 Å². The van der Waals surface area contributed by atoms with Gasteiger partial charge >= 0.3 is 6.18 Å². The van der Waals surface area contributed by atoms with E-state index in [-0.39, 0.29) is 6.54 Å². The van der Waals surface area contributed by atoms with E-state index in [1.54, 1.807) is 12.3 Å². The lowest BCUT2D eigenvalue weighted by atomic mass is 10.1. The van der Waals surface area contributed by atoms with Crippen molar-refractivity contribution in [1.82, 2.24) is 15.3 Å². The van der Waals surface area contributed by atoms with Gasteiger partial charge < -0.3 is 10.2 Å². The summed E-state index contributed by atoms with van der Waals surface area (Å²) in [4.78, 5) is 21.5. The zero-order valence-electron chi connectivity index (χ0n) is 11.5. The smallest absolute Gasteiger partial charge is 0.357 e. The predicted octanol–water partition coefficient (Wildman–Crippen LogP) is 2.04. The maximum atomic E-state index is 12.0. The average molecular weight is 302 g/mol. The SMILES string of the molecule is O=C(CC(F)(F)F)NCc1nccc(N2CCCCC2)n1. The monoisotopic (exact) mass is 302 g/mol. The number of rotatable bonds is 4. The molecular formula is C13H17F3N4O. The maximum Gasteiger partial charge on any atom is 0.397 e. The Bertz CT molecular complexity index is 487. The van der Waals surface area contributed by atoms with Crippen LogP contribution in [-0.2, 0) is 11.3 Å². The van der Waals surface area contributed by atoms with Crippen molar-refractivity contribution in [3.63, 3.8) is 0 Å². The van der Waals surface area contributed by atoms with E-state index in [9.17, 15) is 18.0 Å². The Morgan fingerprint density at radius 1 is 1.29 bits per heavy atom. The lowest BCUT2D eigenvalue weighted by Crippen LogP contribution is -2.31. The summed E-state index contributed by atoms with van der Waals surface area (Å²) in [5, 5.41) is 2.18. The van der Waals surface area contributed by atoms with Crippen molar-refractivity contribution in [3.8, 4) is 0 Å². The second-order valence-corrected chi connectivity index (χ2v) is 4.95. The topological polar surface area (TPSA) is 58.1 Å². The summed E-state index contributed by atoms with van der Waals surface area (Å²) in [6, 6.07) is 1.77. The molecule has 0 radical (unpaired) electrons. The Hall–Kier alpha value is -1.86. The van der Waals surface area contributed by atoms with E-state index in [1.807, 2.05) is 0 Å². The first-order chi connectivity index (χ1) is 9.94. The van der Waals surface area contributed by atoms with Crippen LogP contribution in [0.2, 0.25) is 0 Å². The van der Waals surface area contributed by atoms with Crippen molar-refractivity contribution in [2.24, 2.45) is 0 Å². The van der Waals surface area contributed by atoms with Gasteiger partial charge in [-0.05, 0) is 25.3 Å². The van der Waals surface area contributed by atoms with E-state index in [0.29, 0.717) is 5.82 Å². The van der Waals surface area contributed by atoms with Crippen molar-refractivity contribution >= 4 is 11.7 Å². The van der Waals surface area contributed by atoms with E-state index >= 15 is 0 Å². The van der Waals surface area contributed by atoms with Gasteiger partial charge in [0, 0.05) is 19.3 Å². The maximum absolute atomic E-state index is 12.0. The Morgan fingerprint density at radius 2 is 2.00 bits per heavy atom. The molecule has 1 N–H and O–H groups in total. The van der Waals surface area contributed by atoms with Crippen molar-refractivity contribution in [3.05, 3.63) is 18.1 Å². The number of nitrogens with zero attached hydrogens (tertiary/aromatic N) is 3. The zero-order valence-corrected chi connectivity index (χ0v) is 11.5. The van der Waals surface area contributed by atoms with Crippen molar-refractivity contribution < 1.29 is 18.0 Å². The fraction of sp³-hybridized carbons (Fsp3) is 0.615. The molecule has 0 atom stereocenters. The van der Waals surface area contributed by atoms with Crippen LogP contribution >= 0.6 is 0 Å². The van der Waals surface area contributed by atoms with Crippen LogP contribution < -0.4 is 10.2 Å². The number of anilines is 1. The zero-order chi connectivity index (χ0) is 15.3. The number of hydrogen-bond donors (Lipinski definition) is 1. The van der Waals surface area contributed by atoms with Crippen molar-refractivity contribution in [2.45, 2.75) is 38.4 Å². The molecule has 5 nitrogen and oxygen atoms in total. The molecule has 2 rings (SSSR count). The molecule has 1 amide bonds. The molecule has 1 aromatic heterocycles. The highest BCUT2D eigenvalue weighted by molar-refractivity contribution is 5.76. The van der Waals surface area contributed by atoms with Gasteiger partial charge in [-0.2, -0.15) is 13.2 Å².